The topological polar surface area (TPSA) is 23.5 Å². The molecule has 2 fully saturated rings. The minimum atomic E-state index is -0.0340. The third kappa shape index (κ3) is 3.69. The summed E-state index contributed by atoms with van der Waals surface area (Å²) in [6, 6.07) is 0.668. The van der Waals surface area contributed by atoms with Crippen molar-refractivity contribution in [3.8, 4) is 0 Å². The lowest BCUT2D eigenvalue weighted by atomic mass is 9.80. The fourth-order valence-electron chi connectivity index (χ4n) is 3.71. The molecule has 17 heavy (non-hydrogen) atoms. The van der Waals surface area contributed by atoms with E-state index in [2.05, 4.69) is 11.8 Å². The van der Waals surface area contributed by atoms with Crippen LogP contribution in [-0.2, 0) is 0 Å². The number of hydrogen-bond donors (Lipinski definition) is 1. The molecule has 1 saturated heterocycles. The van der Waals surface area contributed by atoms with E-state index >= 15 is 0 Å². The highest BCUT2D eigenvalue weighted by atomic mass is 16.3. The van der Waals surface area contributed by atoms with Gasteiger partial charge in [-0.3, -0.25) is 0 Å². The van der Waals surface area contributed by atoms with Crippen LogP contribution in [0.15, 0.2) is 0 Å². The van der Waals surface area contributed by atoms with E-state index in [4.69, 9.17) is 0 Å². The number of aliphatic hydroxyl groups is 1. The predicted octanol–water partition coefficient (Wildman–Crippen LogP) is 3.19. The van der Waals surface area contributed by atoms with Gasteiger partial charge >= 0.3 is 0 Å². The first-order valence-electron chi connectivity index (χ1n) is 7.73. The van der Waals surface area contributed by atoms with Crippen LogP contribution in [0.3, 0.4) is 0 Å². The van der Waals surface area contributed by atoms with Crippen LogP contribution in [-0.4, -0.2) is 35.2 Å². The number of rotatable bonds is 2. The second-order valence-corrected chi connectivity index (χ2v) is 6.01. The lowest BCUT2D eigenvalue weighted by molar-refractivity contribution is 0.0221. The Balaban J connectivity index is 1.95. The molecule has 0 aromatic heterocycles. The first kappa shape index (κ1) is 13.4. The zero-order valence-electron chi connectivity index (χ0n) is 11.4. The molecule has 3 unspecified atom stereocenters. The van der Waals surface area contributed by atoms with Crippen molar-refractivity contribution in [2.75, 3.05) is 13.1 Å². The molecule has 0 spiro atoms. The maximum Gasteiger partial charge on any atom is 0.0555 e. The molecule has 2 heteroatoms. The standard InChI is InChI=1S/C15H29NO/c1-2-13-8-9-14(17)12-15(13)16-10-6-4-3-5-7-11-16/h13-15,17H,2-12H2,1H3. The van der Waals surface area contributed by atoms with Gasteiger partial charge < -0.3 is 10.0 Å². The summed E-state index contributed by atoms with van der Waals surface area (Å²) in [6.07, 6.45) is 11.5. The van der Waals surface area contributed by atoms with E-state index in [0.29, 0.717) is 6.04 Å². The van der Waals surface area contributed by atoms with Gasteiger partial charge in [0.1, 0.15) is 0 Å². The Labute approximate surface area is 106 Å². The van der Waals surface area contributed by atoms with Crippen LogP contribution in [0.2, 0.25) is 0 Å². The molecular weight excluding hydrogens is 210 g/mol. The molecule has 2 aliphatic rings. The molecule has 0 aromatic rings. The monoisotopic (exact) mass is 239 g/mol. The van der Waals surface area contributed by atoms with Gasteiger partial charge in [0, 0.05) is 6.04 Å². The normalized spacial score (nSPS) is 37.4. The minimum Gasteiger partial charge on any atom is -0.393 e. The van der Waals surface area contributed by atoms with Gasteiger partial charge in [0.25, 0.3) is 0 Å². The highest BCUT2D eigenvalue weighted by Crippen LogP contribution is 2.32. The highest BCUT2D eigenvalue weighted by Gasteiger charge is 2.32. The number of nitrogens with zero attached hydrogens (tertiary/aromatic N) is 1. The zero-order chi connectivity index (χ0) is 12.1. The quantitative estimate of drug-likeness (QED) is 0.800. The van der Waals surface area contributed by atoms with Gasteiger partial charge in [-0.15, -0.1) is 0 Å². The summed E-state index contributed by atoms with van der Waals surface area (Å²) in [6.45, 7) is 4.86. The molecule has 1 aliphatic carbocycles. The third-order valence-corrected chi connectivity index (χ3v) is 4.81. The van der Waals surface area contributed by atoms with E-state index < -0.39 is 0 Å². The van der Waals surface area contributed by atoms with Crippen molar-refractivity contribution < 1.29 is 5.11 Å². The first-order chi connectivity index (χ1) is 8.31. The van der Waals surface area contributed by atoms with Crippen molar-refractivity contribution in [1.29, 1.82) is 0 Å². The zero-order valence-corrected chi connectivity index (χ0v) is 11.4. The molecule has 0 radical (unpaired) electrons. The Morgan fingerprint density at radius 3 is 2.29 bits per heavy atom. The van der Waals surface area contributed by atoms with Crippen LogP contribution in [0, 0.1) is 5.92 Å². The van der Waals surface area contributed by atoms with Crippen molar-refractivity contribution in [3.05, 3.63) is 0 Å². The number of likely N-dealkylation sites (tertiary alicyclic amines) is 1. The molecule has 1 saturated carbocycles. The first-order valence-corrected chi connectivity index (χ1v) is 7.73. The molecule has 1 heterocycles. The van der Waals surface area contributed by atoms with Crippen LogP contribution in [0.4, 0.5) is 0 Å². The predicted molar refractivity (Wildman–Crippen MR) is 72.1 cm³/mol. The maximum absolute atomic E-state index is 9.92. The van der Waals surface area contributed by atoms with Gasteiger partial charge in [-0.1, -0.05) is 32.6 Å². The van der Waals surface area contributed by atoms with Crippen LogP contribution in [0.25, 0.3) is 0 Å². The molecule has 2 nitrogen and oxygen atoms in total. The lowest BCUT2D eigenvalue weighted by Crippen LogP contribution is -2.46. The summed E-state index contributed by atoms with van der Waals surface area (Å²) in [4.78, 5) is 2.70. The molecule has 3 atom stereocenters. The van der Waals surface area contributed by atoms with Crippen molar-refractivity contribution in [2.24, 2.45) is 5.92 Å². The van der Waals surface area contributed by atoms with Crippen LogP contribution < -0.4 is 0 Å². The van der Waals surface area contributed by atoms with E-state index in [9.17, 15) is 5.11 Å². The second kappa shape index (κ2) is 6.75. The van der Waals surface area contributed by atoms with Crippen LogP contribution in [0.1, 0.15) is 64.7 Å². The third-order valence-electron chi connectivity index (χ3n) is 4.81. The van der Waals surface area contributed by atoms with E-state index in [0.717, 1.165) is 18.8 Å². The highest BCUT2D eigenvalue weighted by molar-refractivity contribution is 4.86. The fourth-order valence-corrected chi connectivity index (χ4v) is 3.71. The smallest absolute Gasteiger partial charge is 0.0555 e. The van der Waals surface area contributed by atoms with E-state index in [-0.39, 0.29) is 6.10 Å². The number of aliphatic hydroxyl groups excluding tert-OH is 1. The Hall–Kier alpha value is -0.0800. The molecule has 100 valence electrons. The summed E-state index contributed by atoms with van der Waals surface area (Å²) in [7, 11) is 0. The van der Waals surface area contributed by atoms with Crippen molar-refractivity contribution >= 4 is 0 Å². The maximum atomic E-state index is 9.92. The molecule has 1 N–H and O–H groups in total. The summed E-state index contributed by atoms with van der Waals surface area (Å²) in [5, 5.41) is 9.92. The second-order valence-electron chi connectivity index (χ2n) is 6.01. The van der Waals surface area contributed by atoms with Gasteiger partial charge in [-0.2, -0.15) is 0 Å². The number of hydrogen-bond acceptors (Lipinski definition) is 2. The SMILES string of the molecule is CCC1CCC(O)CC1N1CCCCCCC1. The average Bonchev–Trinajstić information content (AvgIpc) is 2.28. The molecule has 1 aliphatic heterocycles. The fraction of sp³-hybridized carbons (Fsp3) is 1.00. The van der Waals surface area contributed by atoms with Crippen molar-refractivity contribution in [1.82, 2.24) is 4.90 Å². The molecule has 0 aromatic carbocycles. The Kier molecular flexibility index (Phi) is 5.30. The Morgan fingerprint density at radius 2 is 1.65 bits per heavy atom. The molecule has 2 rings (SSSR count). The largest absolute Gasteiger partial charge is 0.393 e. The van der Waals surface area contributed by atoms with Gasteiger partial charge in [-0.05, 0) is 51.1 Å². The summed E-state index contributed by atoms with van der Waals surface area (Å²) < 4.78 is 0. The van der Waals surface area contributed by atoms with Crippen LogP contribution in [0.5, 0.6) is 0 Å². The van der Waals surface area contributed by atoms with Crippen molar-refractivity contribution in [3.63, 3.8) is 0 Å². The average molecular weight is 239 g/mol. The Bertz CT molecular complexity index is 211. The van der Waals surface area contributed by atoms with E-state index in [1.807, 2.05) is 0 Å². The summed E-state index contributed by atoms with van der Waals surface area (Å²) in [5.74, 6) is 0.831. The van der Waals surface area contributed by atoms with Crippen molar-refractivity contribution in [2.45, 2.75) is 76.9 Å². The van der Waals surface area contributed by atoms with Gasteiger partial charge in [-0.25, -0.2) is 0 Å². The molecule has 0 amide bonds. The minimum absolute atomic E-state index is 0.0340. The molecule has 0 bridgehead atoms. The van der Waals surface area contributed by atoms with Gasteiger partial charge in [0.05, 0.1) is 6.10 Å². The summed E-state index contributed by atoms with van der Waals surface area (Å²) >= 11 is 0. The van der Waals surface area contributed by atoms with E-state index in [1.54, 1.807) is 0 Å². The Morgan fingerprint density at radius 1 is 1.00 bits per heavy atom. The van der Waals surface area contributed by atoms with Crippen LogP contribution >= 0.6 is 0 Å². The summed E-state index contributed by atoms with van der Waals surface area (Å²) in [5.41, 5.74) is 0. The lowest BCUT2D eigenvalue weighted by Gasteiger charge is -2.42. The van der Waals surface area contributed by atoms with Gasteiger partial charge in [0.15, 0.2) is 0 Å². The van der Waals surface area contributed by atoms with Gasteiger partial charge in [0.2, 0.25) is 0 Å². The molecular formula is C15H29NO. The van der Waals surface area contributed by atoms with E-state index in [1.165, 1.54) is 58.0 Å².